The molecule has 0 fully saturated rings. The van der Waals surface area contributed by atoms with Crippen molar-refractivity contribution in [2.75, 3.05) is 19.0 Å². The van der Waals surface area contributed by atoms with Crippen LogP contribution in [0.15, 0.2) is 108 Å². The number of methoxy groups -OCH3 is 1. The molecule has 4 aromatic rings. The molecular formula is C31H28N6O2. The number of anilines is 1. The number of ether oxygens (including phenoxy) is 1. The Morgan fingerprint density at radius 3 is 2.64 bits per heavy atom. The maximum atomic E-state index is 14.3. The van der Waals surface area contributed by atoms with Crippen molar-refractivity contribution in [1.29, 1.82) is 0 Å². The predicted molar refractivity (Wildman–Crippen MR) is 155 cm³/mol. The third-order valence-corrected chi connectivity index (χ3v) is 6.69. The van der Waals surface area contributed by atoms with Crippen LogP contribution in [0.4, 0.5) is 5.82 Å². The Labute approximate surface area is 225 Å². The van der Waals surface area contributed by atoms with E-state index in [-0.39, 0.29) is 5.56 Å². The first-order valence-corrected chi connectivity index (χ1v) is 12.9. The number of rotatable bonds is 6. The Bertz CT molecular complexity index is 1720. The lowest BCUT2D eigenvalue weighted by Crippen LogP contribution is -2.25. The van der Waals surface area contributed by atoms with E-state index in [0.717, 1.165) is 40.3 Å². The Kier molecular flexibility index (Phi) is 6.66. The lowest BCUT2D eigenvalue weighted by molar-refractivity contribution is 0.415. The van der Waals surface area contributed by atoms with Gasteiger partial charge in [-0.3, -0.25) is 14.9 Å². The molecule has 0 unspecified atom stereocenters. The summed E-state index contributed by atoms with van der Waals surface area (Å²) in [6.45, 7) is 0.684. The third kappa shape index (κ3) is 4.80. The van der Waals surface area contributed by atoms with E-state index in [1.54, 1.807) is 13.3 Å². The average molecular weight is 517 g/mol. The highest BCUT2D eigenvalue weighted by Gasteiger charge is 2.24. The van der Waals surface area contributed by atoms with Gasteiger partial charge in [-0.15, -0.1) is 0 Å². The summed E-state index contributed by atoms with van der Waals surface area (Å²) in [5, 5.41) is 10.0. The summed E-state index contributed by atoms with van der Waals surface area (Å²) in [6, 6.07) is 13.2. The summed E-state index contributed by atoms with van der Waals surface area (Å²) in [7, 11) is 1.62. The Morgan fingerprint density at radius 2 is 1.87 bits per heavy atom. The highest BCUT2D eigenvalue weighted by Crippen LogP contribution is 2.35. The standard InChI is InChI=1S/C31H28N6O2/c1-39-23-17-15-22(16-18-23)27-29(34-25-14-8-10-20-33-25)35-30-26(21-11-5-3-2-4-6-12-21)28(36-37(30)31(27)38)24-13-7-9-19-32-24/h2-5,7-10,12-19,33-34,36H,6,11,20H2,1H3/b4-2?,5-3-,21-12+. The van der Waals surface area contributed by atoms with E-state index in [2.05, 4.69) is 38.9 Å². The van der Waals surface area contributed by atoms with Crippen LogP contribution in [-0.4, -0.2) is 33.2 Å². The number of hydrogen-bond acceptors (Lipinski definition) is 6. The molecule has 39 heavy (non-hydrogen) atoms. The van der Waals surface area contributed by atoms with Crippen LogP contribution in [0.5, 0.6) is 5.75 Å². The van der Waals surface area contributed by atoms with E-state index in [1.807, 2.05) is 72.8 Å². The summed E-state index contributed by atoms with van der Waals surface area (Å²) in [4.78, 5) is 23.9. The van der Waals surface area contributed by atoms with E-state index < -0.39 is 0 Å². The highest BCUT2D eigenvalue weighted by atomic mass is 16.5. The molecule has 194 valence electrons. The number of fused-ring (bicyclic) bond motifs is 1. The number of H-pyrrole nitrogens is 1. The van der Waals surface area contributed by atoms with Crippen LogP contribution >= 0.6 is 0 Å². The molecule has 1 aliphatic carbocycles. The van der Waals surface area contributed by atoms with Gasteiger partial charge in [0.2, 0.25) is 0 Å². The Morgan fingerprint density at radius 1 is 1.00 bits per heavy atom. The number of nitrogens with zero attached hydrogens (tertiary/aromatic N) is 3. The SMILES string of the molecule is COc1ccc(-c2c(NC3=CC=CCN3)nc3c(/C4=C/CC=C/C=C\C4)c(-c4ccccn4)[nH]n3c2=O)cc1. The highest BCUT2D eigenvalue weighted by molar-refractivity contribution is 5.89. The fourth-order valence-corrected chi connectivity index (χ4v) is 4.78. The number of allylic oxidation sites excluding steroid dienone is 8. The van der Waals surface area contributed by atoms with Crippen LogP contribution in [0.2, 0.25) is 0 Å². The molecule has 3 N–H and O–H groups in total. The van der Waals surface area contributed by atoms with E-state index >= 15 is 0 Å². The molecule has 0 atom stereocenters. The van der Waals surface area contributed by atoms with E-state index in [0.29, 0.717) is 35.7 Å². The zero-order valence-corrected chi connectivity index (χ0v) is 21.5. The van der Waals surface area contributed by atoms with Crippen molar-refractivity contribution in [3.05, 3.63) is 119 Å². The smallest absolute Gasteiger partial charge is 0.282 e. The van der Waals surface area contributed by atoms with Crippen molar-refractivity contribution in [2.45, 2.75) is 12.8 Å². The van der Waals surface area contributed by atoms with Gasteiger partial charge < -0.3 is 15.4 Å². The topological polar surface area (TPSA) is 96.3 Å². The van der Waals surface area contributed by atoms with Gasteiger partial charge in [0.15, 0.2) is 5.65 Å². The van der Waals surface area contributed by atoms with E-state index in [1.165, 1.54) is 4.52 Å². The van der Waals surface area contributed by atoms with Crippen molar-refractivity contribution in [3.63, 3.8) is 0 Å². The van der Waals surface area contributed by atoms with Crippen molar-refractivity contribution >= 4 is 17.0 Å². The summed E-state index contributed by atoms with van der Waals surface area (Å²) in [6.07, 6.45) is 19.6. The molecule has 1 aromatic carbocycles. The quantitative estimate of drug-likeness (QED) is 0.315. The molecule has 1 aliphatic heterocycles. The summed E-state index contributed by atoms with van der Waals surface area (Å²) < 4.78 is 6.87. The number of aromatic amines is 1. The van der Waals surface area contributed by atoms with E-state index in [9.17, 15) is 4.79 Å². The van der Waals surface area contributed by atoms with Gasteiger partial charge in [0, 0.05) is 18.3 Å². The maximum absolute atomic E-state index is 14.3. The van der Waals surface area contributed by atoms with Crippen molar-refractivity contribution in [3.8, 4) is 28.3 Å². The number of dihydropyridines is 1. The molecule has 0 radical (unpaired) electrons. The molecule has 2 aliphatic rings. The van der Waals surface area contributed by atoms with Gasteiger partial charge >= 0.3 is 0 Å². The Hall–Kier alpha value is -5.11. The van der Waals surface area contributed by atoms with Crippen LogP contribution in [0, 0.1) is 0 Å². The molecule has 3 aromatic heterocycles. The van der Waals surface area contributed by atoms with Gasteiger partial charge in [-0.05, 0) is 54.3 Å². The number of aromatic nitrogens is 4. The first kappa shape index (κ1) is 24.2. The molecule has 0 saturated heterocycles. The monoisotopic (exact) mass is 516 g/mol. The molecule has 0 saturated carbocycles. The average Bonchev–Trinajstić information content (AvgIpc) is 3.34. The van der Waals surface area contributed by atoms with Crippen LogP contribution in [0.25, 0.3) is 33.7 Å². The molecule has 0 amide bonds. The van der Waals surface area contributed by atoms with Gasteiger partial charge in [0.1, 0.15) is 17.4 Å². The van der Waals surface area contributed by atoms with Gasteiger partial charge in [-0.25, -0.2) is 4.98 Å². The lowest BCUT2D eigenvalue weighted by atomic mass is 9.98. The zero-order valence-electron chi connectivity index (χ0n) is 21.5. The second-order valence-corrected chi connectivity index (χ2v) is 9.14. The van der Waals surface area contributed by atoms with Crippen molar-refractivity contribution in [2.24, 2.45) is 0 Å². The number of hydrogen-bond donors (Lipinski definition) is 3. The third-order valence-electron chi connectivity index (χ3n) is 6.69. The minimum atomic E-state index is -0.218. The van der Waals surface area contributed by atoms with Crippen LogP contribution < -0.4 is 20.9 Å². The molecule has 6 rings (SSSR count). The second kappa shape index (κ2) is 10.7. The van der Waals surface area contributed by atoms with Crippen molar-refractivity contribution in [1.82, 2.24) is 24.9 Å². The van der Waals surface area contributed by atoms with Crippen LogP contribution in [-0.2, 0) is 0 Å². The van der Waals surface area contributed by atoms with Gasteiger partial charge in [0.25, 0.3) is 5.56 Å². The summed E-state index contributed by atoms with van der Waals surface area (Å²) >= 11 is 0. The van der Waals surface area contributed by atoms with E-state index in [4.69, 9.17) is 9.72 Å². The Balaban J connectivity index is 1.64. The predicted octanol–water partition coefficient (Wildman–Crippen LogP) is 5.46. The maximum Gasteiger partial charge on any atom is 0.282 e. The fourth-order valence-electron chi connectivity index (χ4n) is 4.78. The van der Waals surface area contributed by atoms with Crippen LogP contribution in [0.1, 0.15) is 18.4 Å². The van der Waals surface area contributed by atoms with Gasteiger partial charge in [-0.1, -0.05) is 60.7 Å². The molecule has 0 bridgehead atoms. The molecule has 4 heterocycles. The van der Waals surface area contributed by atoms with Gasteiger partial charge in [-0.2, -0.15) is 4.52 Å². The summed E-state index contributed by atoms with van der Waals surface area (Å²) in [5.74, 6) is 1.94. The second-order valence-electron chi connectivity index (χ2n) is 9.14. The van der Waals surface area contributed by atoms with Crippen LogP contribution in [0.3, 0.4) is 0 Å². The normalized spacial score (nSPS) is 16.9. The fraction of sp³-hybridized carbons (Fsp3) is 0.129. The number of pyridine rings is 1. The minimum absolute atomic E-state index is 0.218. The summed E-state index contributed by atoms with van der Waals surface area (Å²) in [5.41, 5.74) is 4.92. The first-order valence-electron chi connectivity index (χ1n) is 12.9. The molecule has 8 heteroatoms. The minimum Gasteiger partial charge on any atom is -0.497 e. The molecule has 8 nitrogen and oxygen atoms in total. The zero-order chi connectivity index (χ0) is 26.6. The first-order chi connectivity index (χ1) is 19.2. The number of nitrogens with one attached hydrogen (secondary N) is 3. The van der Waals surface area contributed by atoms with Crippen molar-refractivity contribution < 1.29 is 4.74 Å². The lowest BCUT2D eigenvalue weighted by Gasteiger charge is -2.17. The molecule has 0 spiro atoms. The largest absolute Gasteiger partial charge is 0.497 e. The molecular weight excluding hydrogens is 488 g/mol. The number of benzene rings is 1. The van der Waals surface area contributed by atoms with Gasteiger partial charge in [0.05, 0.1) is 24.1 Å².